The smallest absolute Gasteiger partial charge is 0.312 e. The fraction of sp³-hybridized carbons (Fsp3) is 0.882. The fourth-order valence-electron chi connectivity index (χ4n) is 5.34. The minimum atomic E-state index is -0.740. The predicted octanol–water partition coefficient (Wildman–Crippen LogP) is 1.53. The molecule has 2 unspecified atom stereocenters. The lowest BCUT2D eigenvalue weighted by molar-refractivity contribution is -0.200. The topological polar surface area (TPSA) is 75.6 Å². The first-order chi connectivity index (χ1) is 10.4. The summed E-state index contributed by atoms with van der Waals surface area (Å²) in [5.74, 6) is 0.418. The van der Waals surface area contributed by atoms with Gasteiger partial charge in [0.2, 0.25) is 0 Å². The lowest BCUT2D eigenvalue weighted by atomic mass is 9.48. The van der Waals surface area contributed by atoms with Crippen molar-refractivity contribution in [1.29, 1.82) is 0 Å². The zero-order valence-electron chi connectivity index (χ0n) is 13.1. The molecule has 5 atom stereocenters. The standard InChI is InChI=1S/C17H25NO4/c1-10(14(19)18-13-2-3-13)22-15(20)16-5-11-4-12(6-16)8-17(21,7-11)9-16/h10-13,21H,2-9H2,1H3,(H,18,19)/t10-,11-,12+,16?,17?/m0/s1. The van der Waals surface area contributed by atoms with E-state index < -0.39 is 17.1 Å². The first-order valence-corrected chi connectivity index (χ1v) is 8.61. The molecule has 5 fully saturated rings. The molecule has 0 heterocycles. The van der Waals surface area contributed by atoms with Crippen LogP contribution >= 0.6 is 0 Å². The summed E-state index contributed by atoms with van der Waals surface area (Å²) in [6.45, 7) is 1.64. The van der Waals surface area contributed by atoms with Crippen LogP contribution < -0.4 is 5.32 Å². The van der Waals surface area contributed by atoms with Gasteiger partial charge in [-0.25, -0.2) is 0 Å². The Kier molecular flexibility index (Phi) is 3.09. The third-order valence-electron chi connectivity index (χ3n) is 6.04. The first kappa shape index (κ1) is 14.5. The van der Waals surface area contributed by atoms with Crippen LogP contribution in [-0.4, -0.2) is 34.7 Å². The maximum Gasteiger partial charge on any atom is 0.312 e. The summed E-state index contributed by atoms with van der Waals surface area (Å²) < 4.78 is 5.51. The van der Waals surface area contributed by atoms with Crippen molar-refractivity contribution in [3.8, 4) is 0 Å². The van der Waals surface area contributed by atoms with Crippen molar-refractivity contribution >= 4 is 11.9 Å². The first-order valence-electron chi connectivity index (χ1n) is 8.61. The third-order valence-corrected chi connectivity index (χ3v) is 6.04. The number of hydrogen-bond donors (Lipinski definition) is 2. The Bertz CT molecular complexity index is 499. The molecule has 0 saturated heterocycles. The largest absolute Gasteiger partial charge is 0.452 e. The van der Waals surface area contributed by atoms with Gasteiger partial charge in [-0.05, 0) is 70.1 Å². The summed E-state index contributed by atoms with van der Waals surface area (Å²) in [4.78, 5) is 24.7. The highest BCUT2D eigenvalue weighted by atomic mass is 16.5. The molecule has 5 saturated carbocycles. The second-order valence-corrected chi connectivity index (χ2v) is 8.30. The Labute approximate surface area is 130 Å². The molecule has 5 heteroatoms. The van der Waals surface area contributed by atoms with Crippen LogP contribution in [0.3, 0.4) is 0 Å². The quantitative estimate of drug-likeness (QED) is 0.772. The molecule has 1 amide bonds. The molecule has 0 spiro atoms. The van der Waals surface area contributed by atoms with Crippen molar-refractivity contribution in [2.75, 3.05) is 0 Å². The molecule has 4 bridgehead atoms. The molecule has 5 nitrogen and oxygen atoms in total. The molecule has 0 radical (unpaired) electrons. The van der Waals surface area contributed by atoms with Gasteiger partial charge in [-0.15, -0.1) is 0 Å². The number of aliphatic hydroxyl groups is 1. The number of rotatable bonds is 4. The van der Waals surface area contributed by atoms with E-state index in [0.717, 1.165) is 44.9 Å². The number of carbonyl (C=O) groups excluding carboxylic acids is 2. The Morgan fingerprint density at radius 1 is 1.18 bits per heavy atom. The van der Waals surface area contributed by atoms with Gasteiger partial charge in [-0.2, -0.15) is 0 Å². The number of amides is 1. The second-order valence-electron chi connectivity index (χ2n) is 8.30. The van der Waals surface area contributed by atoms with Gasteiger partial charge >= 0.3 is 5.97 Å². The normalized spacial score (nSPS) is 43.7. The zero-order chi connectivity index (χ0) is 15.5. The molecule has 5 aliphatic carbocycles. The Hall–Kier alpha value is -1.10. The van der Waals surface area contributed by atoms with Crippen molar-refractivity contribution in [2.24, 2.45) is 17.3 Å². The number of hydrogen-bond acceptors (Lipinski definition) is 4. The van der Waals surface area contributed by atoms with Crippen LogP contribution in [0.2, 0.25) is 0 Å². The lowest BCUT2D eigenvalue weighted by Gasteiger charge is -2.58. The molecular weight excluding hydrogens is 282 g/mol. The van der Waals surface area contributed by atoms with Gasteiger partial charge in [0, 0.05) is 6.04 Å². The molecule has 5 rings (SSSR count). The van der Waals surface area contributed by atoms with E-state index in [4.69, 9.17) is 4.74 Å². The number of carbonyl (C=O) groups is 2. The SMILES string of the molecule is C[C@H](OC(=O)C12C[C@@H]3C[C@@H](CC(O)(C3)C1)C2)C(=O)NC1CC1. The fourth-order valence-corrected chi connectivity index (χ4v) is 5.34. The van der Waals surface area contributed by atoms with Gasteiger partial charge in [0.25, 0.3) is 5.91 Å². The minimum Gasteiger partial charge on any atom is -0.452 e. The van der Waals surface area contributed by atoms with E-state index in [1.54, 1.807) is 6.92 Å². The minimum absolute atomic E-state index is 0.195. The molecule has 2 N–H and O–H groups in total. The van der Waals surface area contributed by atoms with Crippen molar-refractivity contribution in [3.63, 3.8) is 0 Å². The monoisotopic (exact) mass is 307 g/mol. The molecule has 0 aromatic carbocycles. The highest BCUT2D eigenvalue weighted by molar-refractivity contribution is 5.85. The van der Waals surface area contributed by atoms with Crippen LogP contribution in [0, 0.1) is 17.3 Å². The molecular formula is C17H25NO4. The van der Waals surface area contributed by atoms with E-state index in [1.165, 1.54) is 0 Å². The zero-order valence-corrected chi connectivity index (χ0v) is 13.1. The van der Waals surface area contributed by atoms with Crippen LogP contribution in [0.5, 0.6) is 0 Å². The summed E-state index contributed by atoms with van der Waals surface area (Å²) >= 11 is 0. The van der Waals surface area contributed by atoms with Crippen LogP contribution in [0.25, 0.3) is 0 Å². The van der Waals surface area contributed by atoms with E-state index in [2.05, 4.69) is 5.32 Å². The van der Waals surface area contributed by atoms with Gasteiger partial charge in [-0.3, -0.25) is 9.59 Å². The molecule has 0 aliphatic heterocycles. The Balaban J connectivity index is 1.44. The summed E-state index contributed by atoms with van der Waals surface area (Å²) in [5.41, 5.74) is -1.23. The van der Waals surface area contributed by atoms with E-state index >= 15 is 0 Å². The summed E-state index contributed by atoms with van der Waals surface area (Å²) in [6.07, 6.45) is 6.25. The average Bonchev–Trinajstić information content (AvgIpc) is 3.19. The summed E-state index contributed by atoms with van der Waals surface area (Å²) in [6, 6.07) is 0.272. The summed E-state index contributed by atoms with van der Waals surface area (Å²) in [5, 5.41) is 13.6. The maximum atomic E-state index is 12.7. The van der Waals surface area contributed by atoms with Crippen molar-refractivity contribution < 1.29 is 19.4 Å². The van der Waals surface area contributed by atoms with Crippen molar-refractivity contribution in [3.05, 3.63) is 0 Å². The number of esters is 1. The molecule has 0 aromatic rings. The molecule has 5 aliphatic rings. The van der Waals surface area contributed by atoms with Gasteiger partial charge < -0.3 is 15.2 Å². The van der Waals surface area contributed by atoms with Crippen LogP contribution in [0.15, 0.2) is 0 Å². The number of nitrogens with one attached hydrogen (secondary N) is 1. The highest BCUT2D eigenvalue weighted by Crippen LogP contribution is 2.62. The van der Waals surface area contributed by atoms with Gasteiger partial charge in [0.05, 0.1) is 11.0 Å². The molecule has 122 valence electrons. The summed E-state index contributed by atoms with van der Waals surface area (Å²) in [7, 11) is 0. The van der Waals surface area contributed by atoms with Crippen molar-refractivity contribution in [2.45, 2.75) is 76.0 Å². The van der Waals surface area contributed by atoms with E-state index in [9.17, 15) is 14.7 Å². The second kappa shape index (κ2) is 4.70. The van der Waals surface area contributed by atoms with Gasteiger partial charge in [0.15, 0.2) is 6.10 Å². The van der Waals surface area contributed by atoms with Crippen LogP contribution in [-0.2, 0) is 14.3 Å². The number of ether oxygens (including phenoxy) is 1. The lowest BCUT2D eigenvalue weighted by Crippen LogP contribution is -2.59. The predicted molar refractivity (Wildman–Crippen MR) is 78.8 cm³/mol. The van der Waals surface area contributed by atoms with E-state index in [-0.39, 0.29) is 17.9 Å². The van der Waals surface area contributed by atoms with Gasteiger partial charge in [-0.1, -0.05) is 0 Å². The Morgan fingerprint density at radius 3 is 2.36 bits per heavy atom. The van der Waals surface area contributed by atoms with Crippen LogP contribution in [0.4, 0.5) is 0 Å². The van der Waals surface area contributed by atoms with Gasteiger partial charge in [0.1, 0.15) is 0 Å². The van der Waals surface area contributed by atoms with E-state index in [1.807, 2.05) is 0 Å². The molecule has 22 heavy (non-hydrogen) atoms. The van der Waals surface area contributed by atoms with Crippen LogP contribution in [0.1, 0.15) is 58.3 Å². The van der Waals surface area contributed by atoms with E-state index in [0.29, 0.717) is 18.3 Å². The Morgan fingerprint density at radius 2 is 1.82 bits per heavy atom. The highest BCUT2D eigenvalue weighted by Gasteiger charge is 2.61. The average molecular weight is 307 g/mol. The van der Waals surface area contributed by atoms with Crippen molar-refractivity contribution in [1.82, 2.24) is 5.32 Å². The molecule has 0 aromatic heterocycles. The third kappa shape index (κ3) is 2.43. The maximum absolute atomic E-state index is 12.7.